The average molecular weight is 313 g/mol. The van der Waals surface area contributed by atoms with Crippen LogP contribution in [0.15, 0.2) is 28.6 Å². The lowest BCUT2D eigenvalue weighted by molar-refractivity contribution is -0.151. The van der Waals surface area contributed by atoms with Crippen LogP contribution in [0.2, 0.25) is 0 Å². The van der Waals surface area contributed by atoms with Gasteiger partial charge in [-0.1, -0.05) is 12.1 Å². The normalized spacial score (nSPS) is 12.6. The van der Waals surface area contributed by atoms with E-state index in [1.54, 1.807) is 39.0 Å². The zero-order chi connectivity index (χ0) is 15.0. The predicted molar refractivity (Wildman–Crippen MR) is 77.5 cm³/mol. The number of ether oxygens (including phenoxy) is 1. The molecular weight excluding hydrogens is 298 g/mol. The molecule has 0 amide bonds. The van der Waals surface area contributed by atoms with Gasteiger partial charge in [-0.3, -0.25) is 4.79 Å². The number of hydrogen-bond donors (Lipinski definition) is 0. The van der Waals surface area contributed by atoms with Gasteiger partial charge in [-0.2, -0.15) is 0 Å². The summed E-state index contributed by atoms with van der Waals surface area (Å²) in [5.41, 5.74) is -0.0968. The summed E-state index contributed by atoms with van der Waals surface area (Å²) in [5, 5.41) is 0. The Morgan fingerprint density at radius 2 is 1.95 bits per heavy atom. The van der Waals surface area contributed by atoms with Crippen molar-refractivity contribution in [2.24, 2.45) is 0 Å². The van der Waals surface area contributed by atoms with Crippen molar-refractivity contribution in [3.05, 3.63) is 24.3 Å². The van der Waals surface area contributed by atoms with Crippen LogP contribution in [0.25, 0.3) is 10.2 Å². The molecule has 0 unspecified atom stereocenters. The largest absolute Gasteiger partial charge is 0.459 e. The zero-order valence-electron chi connectivity index (χ0n) is 11.4. The second-order valence-corrected chi connectivity index (χ2v) is 8.49. The van der Waals surface area contributed by atoms with Crippen LogP contribution in [0.5, 0.6) is 0 Å². The Kier molecular flexibility index (Phi) is 3.84. The van der Waals surface area contributed by atoms with Crippen LogP contribution in [0, 0.1) is 0 Å². The van der Waals surface area contributed by atoms with E-state index < -0.39 is 27.2 Å². The van der Waals surface area contributed by atoms with Gasteiger partial charge in [0, 0.05) is 0 Å². The third kappa shape index (κ3) is 3.55. The van der Waals surface area contributed by atoms with Gasteiger partial charge in [-0.25, -0.2) is 13.4 Å². The number of carbonyl (C=O) groups is 1. The number of hydrogen-bond acceptors (Lipinski definition) is 6. The molecule has 1 aromatic carbocycles. The topological polar surface area (TPSA) is 73.3 Å². The maximum absolute atomic E-state index is 12.1. The van der Waals surface area contributed by atoms with E-state index in [0.29, 0.717) is 5.52 Å². The first-order chi connectivity index (χ1) is 9.17. The van der Waals surface area contributed by atoms with Gasteiger partial charge in [-0.05, 0) is 32.9 Å². The van der Waals surface area contributed by atoms with E-state index in [-0.39, 0.29) is 4.34 Å². The van der Waals surface area contributed by atoms with Gasteiger partial charge in [0.2, 0.25) is 14.2 Å². The summed E-state index contributed by atoms with van der Waals surface area (Å²) in [6, 6.07) is 7.12. The van der Waals surface area contributed by atoms with Crippen molar-refractivity contribution in [1.82, 2.24) is 4.98 Å². The van der Waals surface area contributed by atoms with Crippen LogP contribution in [0.1, 0.15) is 20.8 Å². The lowest BCUT2D eigenvalue weighted by Gasteiger charge is -2.19. The molecule has 2 aromatic rings. The fraction of sp³-hybridized carbons (Fsp3) is 0.385. The highest BCUT2D eigenvalue weighted by atomic mass is 32.2. The second-order valence-electron chi connectivity index (χ2n) is 5.29. The molecule has 0 aliphatic heterocycles. The minimum atomic E-state index is -3.76. The number of para-hydroxylation sites is 1. The third-order valence-electron chi connectivity index (χ3n) is 2.27. The Hall–Kier alpha value is -1.47. The second kappa shape index (κ2) is 5.14. The predicted octanol–water partition coefficient (Wildman–Crippen LogP) is 2.41. The summed E-state index contributed by atoms with van der Waals surface area (Å²) in [6.45, 7) is 5.07. The number of thiazole rings is 1. The van der Waals surface area contributed by atoms with Crippen molar-refractivity contribution in [2.45, 2.75) is 30.7 Å². The number of carbonyl (C=O) groups excluding carboxylic acids is 1. The zero-order valence-corrected chi connectivity index (χ0v) is 13.0. The van der Waals surface area contributed by atoms with E-state index in [0.717, 1.165) is 16.0 Å². The Morgan fingerprint density at radius 1 is 1.30 bits per heavy atom. The monoisotopic (exact) mass is 313 g/mol. The number of aromatic nitrogens is 1. The van der Waals surface area contributed by atoms with Gasteiger partial charge in [0.1, 0.15) is 5.60 Å². The van der Waals surface area contributed by atoms with Crippen LogP contribution < -0.4 is 0 Å². The Labute approximate surface area is 121 Å². The molecule has 1 heterocycles. The van der Waals surface area contributed by atoms with Gasteiger partial charge >= 0.3 is 5.97 Å². The van der Waals surface area contributed by atoms with Crippen molar-refractivity contribution in [3.8, 4) is 0 Å². The lowest BCUT2D eigenvalue weighted by atomic mass is 10.2. The first-order valence-electron chi connectivity index (χ1n) is 5.97. The molecular formula is C13H15NO4S2. The van der Waals surface area contributed by atoms with E-state index >= 15 is 0 Å². The van der Waals surface area contributed by atoms with E-state index in [9.17, 15) is 13.2 Å². The number of nitrogens with zero attached hydrogens (tertiary/aromatic N) is 1. The van der Waals surface area contributed by atoms with Crippen LogP contribution >= 0.6 is 11.3 Å². The Morgan fingerprint density at radius 3 is 2.55 bits per heavy atom. The molecule has 2 rings (SSSR count). The molecule has 0 N–H and O–H groups in total. The quantitative estimate of drug-likeness (QED) is 0.814. The van der Waals surface area contributed by atoms with Crippen molar-refractivity contribution >= 4 is 37.4 Å². The number of esters is 1. The van der Waals surface area contributed by atoms with Crippen molar-refractivity contribution in [2.75, 3.05) is 5.75 Å². The van der Waals surface area contributed by atoms with Crippen LogP contribution in [-0.4, -0.2) is 30.7 Å². The Balaban J connectivity index is 2.24. The lowest BCUT2D eigenvalue weighted by Crippen LogP contribution is -2.28. The number of benzene rings is 1. The fourth-order valence-electron chi connectivity index (χ4n) is 1.57. The summed E-state index contributed by atoms with van der Waals surface area (Å²) in [4.78, 5) is 15.7. The molecule has 0 fully saturated rings. The average Bonchev–Trinajstić information content (AvgIpc) is 2.69. The third-order valence-corrected chi connectivity index (χ3v) is 5.35. The maximum Gasteiger partial charge on any atom is 0.322 e. The van der Waals surface area contributed by atoms with Gasteiger partial charge in [0.15, 0.2) is 5.75 Å². The fourth-order valence-corrected chi connectivity index (χ4v) is 3.95. The summed E-state index contributed by atoms with van der Waals surface area (Å²) >= 11 is 1.06. The molecule has 0 spiro atoms. The van der Waals surface area contributed by atoms with Gasteiger partial charge in [0.25, 0.3) is 0 Å². The number of sulfone groups is 1. The number of fused-ring (bicyclic) bond motifs is 1. The minimum absolute atomic E-state index is 0.0513. The molecule has 7 heteroatoms. The maximum atomic E-state index is 12.1. The molecule has 1 aromatic heterocycles. The highest BCUT2D eigenvalue weighted by Gasteiger charge is 2.26. The molecule has 20 heavy (non-hydrogen) atoms. The van der Waals surface area contributed by atoms with Gasteiger partial charge in [-0.15, -0.1) is 11.3 Å². The van der Waals surface area contributed by atoms with E-state index in [2.05, 4.69) is 4.98 Å². The molecule has 5 nitrogen and oxygen atoms in total. The molecule has 0 saturated carbocycles. The van der Waals surface area contributed by atoms with Crippen molar-refractivity contribution < 1.29 is 17.9 Å². The number of rotatable bonds is 3. The highest BCUT2D eigenvalue weighted by molar-refractivity contribution is 7.94. The molecule has 0 atom stereocenters. The smallest absolute Gasteiger partial charge is 0.322 e. The van der Waals surface area contributed by atoms with Crippen LogP contribution in [0.3, 0.4) is 0 Å². The highest BCUT2D eigenvalue weighted by Crippen LogP contribution is 2.26. The Bertz CT molecular complexity index is 708. The molecule has 0 aliphatic carbocycles. The molecule has 0 radical (unpaired) electrons. The first kappa shape index (κ1) is 14.9. The van der Waals surface area contributed by atoms with Crippen molar-refractivity contribution in [1.29, 1.82) is 0 Å². The summed E-state index contributed by atoms with van der Waals surface area (Å²) < 4.78 is 30.0. The van der Waals surface area contributed by atoms with E-state index in [1.165, 1.54) is 0 Å². The van der Waals surface area contributed by atoms with Gasteiger partial charge < -0.3 is 4.74 Å². The first-order valence-corrected chi connectivity index (χ1v) is 8.44. The van der Waals surface area contributed by atoms with E-state index in [1.807, 2.05) is 6.07 Å². The standard InChI is InChI=1S/C13H15NO4S2/c1-13(2,3)18-11(15)8-20(16,17)12-14-9-6-4-5-7-10(9)19-12/h4-7H,8H2,1-3H3. The van der Waals surface area contributed by atoms with Gasteiger partial charge in [0.05, 0.1) is 10.2 Å². The van der Waals surface area contributed by atoms with Crippen LogP contribution in [-0.2, 0) is 19.4 Å². The summed E-state index contributed by atoms with van der Waals surface area (Å²) in [7, 11) is -3.76. The van der Waals surface area contributed by atoms with E-state index in [4.69, 9.17) is 4.74 Å². The molecule has 0 aliphatic rings. The molecule has 108 valence electrons. The molecule has 0 bridgehead atoms. The summed E-state index contributed by atoms with van der Waals surface area (Å²) in [6.07, 6.45) is 0. The minimum Gasteiger partial charge on any atom is -0.459 e. The SMILES string of the molecule is CC(C)(C)OC(=O)CS(=O)(=O)c1nc2ccccc2s1. The van der Waals surface area contributed by atoms with Crippen LogP contribution in [0.4, 0.5) is 0 Å². The summed E-state index contributed by atoms with van der Waals surface area (Å²) in [5.74, 6) is -1.46. The van der Waals surface area contributed by atoms with Crippen molar-refractivity contribution in [3.63, 3.8) is 0 Å². The molecule has 0 saturated heterocycles.